The van der Waals surface area contributed by atoms with E-state index in [9.17, 15) is 4.79 Å². The Morgan fingerprint density at radius 2 is 2.33 bits per heavy atom. The van der Waals surface area contributed by atoms with Crippen LogP contribution in [0.15, 0.2) is 12.7 Å². The zero-order chi connectivity index (χ0) is 8.69. The van der Waals surface area contributed by atoms with Crippen molar-refractivity contribution in [1.29, 1.82) is 0 Å². The van der Waals surface area contributed by atoms with Gasteiger partial charge in [-0.3, -0.25) is 10.2 Å². The Hall–Kier alpha value is -0.580. The fourth-order valence-corrected chi connectivity index (χ4v) is 0.636. The predicted molar refractivity (Wildman–Crippen MR) is 50.3 cm³/mol. The van der Waals surface area contributed by atoms with Crippen molar-refractivity contribution in [1.82, 2.24) is 10.4 Å². The highest BCUT2D eigenvalue weighted by Gasteiger charge is 2.04. The molecule has 0 atom stereocenters. The van der Waals surface area contributed by atoms with Gasteiger partial charge in [0.1, 0.15) is 6.54 Å². The normalized spacial score (nSPS) is 9.17. The van der Waals surface area contributed by atoms with Crippen molar-refractivity contribution in [2.75, 3.05) is 19.6 Å². The fourth-order valence-electron chi connectivity index (χ4n) is 0.636. The Morgan fingerprint density at radius 3 is 2.67 bits per heavy atom. The molecule has 0 heterocycles. The number of likely N-dealkylation sites (N-methyl/N-ethyl adjacent to an activating group) is 1. The van der Waals surface area contributed by atoms with Crippen molar-refractivity contribution in [2.24, 2.45) is 0 Å². The second-order valence-electron chi connectivity index (χ2n) is 2.06. The van der Waals surface area contributed by atoms with Crippen molar-refractivity contribution in [3.8, 4) is 0 Å². The molecule has 0 aromatic heterocycles. The standard InChI is InChI=1S/C7H14N2O2.ClH/c1-3-5-8-9(4-2)6-7(10)11;/h3,8H,1,4-6H2,2H3,(H,10,11);1H. The van der Waals surface area contributed by atoms with E-state index < -0.39 is 5.97 Å². The van der Waals surface area contributed by atoms with Crippen LogP contribution in [-0.2, 0) is 4.79 Å². The molecule has 4 nitrogen and oxygen atoms in total. The van der Waals surface area contributed by atoms with Crippen LogP contribution in [0.2, 0.25) is 0 Å². The molecule has 0 aliphatic rings. The average Bonchev–Trinajstić information content (AvgIpc) is 1.97. The molecule has 0 radical (unpaired) electrons. The number of carbonyl (C=O) groups is 1. The lowest BCUT2D eigenvalue weighted by atomic mass is 10.5. The van der Waals surface area contributed by atoms with Gasteiger partial charge in [-0.2, -0.15) is 0 Å². The number of hydrazine groups is 1. The number of hydrogen-bond donors (Lipinski definition) is 2. The summed E-state index contributed by atoms with van der Waals surface area (Å²) in [6, 6.07) is 0. The Kier molecular flexibility index (Phi) is 9.92. The van der Waals surface area contributed by atoms with Crippen LogP contribution in [0.1, 0.15) is 6.92 Å². The molecule has 12 heavy (non-hydrogen) atoms. The largest absolute Gasteiger partial charge is 0.480 e. The first-order chi connectivity index (χ1) is 5.20. The molecule has 0 bridgehead atoms. The van der Waals surface area contributed by atoms with Gasteiger partial charge in [0.15, 0.2) is 0 Å². The maximum atomic E-state index is 10.2. The highest BCUT2D eigenvalue weighted by molar-refractivity contribution is 5.85. The minimum atomic E-state index is -0.830. The Morgan fingerprint density at radius 1 is 1.75 bits per heavy atom. The van der Waals surface area contributed by atoms with Gasteiger partial charge in [0.05, 0.1) is 0 Å². The molecule has 2 N–H and O–H groups in total. The van der Waals surface area contributed by atoms with Gasteiger partial charge < -0.3 is 5.11 Å². The summed E-state index contributed by atoms with van der Waals surface area (Å²) >= 11 is 0. The lowest BCUT2D eigenvalue weighted by Gasteiger charge is -2.17. The van der Waals surface area contributed by atoms with Gasteiger partial charge in [0.2, 0.25) is 0 Å². The summed E-state index contributed by atoms with van der Waals surface area (Å²) in [5.41, 5.74) is 2.88. The van der Waals surface area contributed by atoms with Gasteiger partial charge in [0.25, 0.3) is 0 Å². The Balaban J connectivity index is 0. The van der Waals surface area contributed by atoms with E-state index in [1.807, 2.05) is 6.92 Å². The predicted octanol–water partition coefficient (Wildman–Crippen LogP) is 0.505. The number of aliphatic carboxylic acids is 1. The summed E-state index contributed by atoms with van der Waals surface area (Å²) < 4.78 is 0. The van der Waals surface area contributed by atoms with Crippen LogP contribution >= 0.6 is 12.4 Å². The Bertz CT molecular complexity index is 141. The summed E-state index contributed by atoms with van der Waals surface area (Å²) in [5, 5.41) is 10.0. The number of carboxylic acids is 1. The minimum absolute atomic E-state index is 0. The first kappa shape index (κ1) is 14.0. The van der Waals surface area contributed by atoms with Gasteiger partial charge in [-0.25, -0.2) is 5.01 Å². The second kappa shape index (κ2) is 8.52. The van der Waals surface area contributed by atoms with Crippen LogP contribution in [0.4, 0.5) is 0 Å². The number of nitrogens with one attached hydrogen (secondary N) is 1. The average molecular weight is 195 g/mol. The van der Waals surface area contributed by atoms with Crippen LogP contribution in [0.3, 0.4) is 0 Å². The molecule has 0 aliphatic carbocycles. The van der Waals surface area contributed by atoms with Gasteiger partial charge in [-0.05, 0) is 0 Å². The molecule has 5 heteroatoms. The topological polar surface area (TPSA) is 52.6 Å². The van der Waals surface area contributed by atoms with Crippen LogP contribution in [0.5, 0.6) is 0 Å². The molecule has 0 rings (SSSR count). The SMILES string of the molecule is C=CCNN(CC)CC(=O)O.Cl. The van der Waals surface area contributed by atoms with Crippen molar-refractivity contribution in [3.63, 3.8) is 0 Å². The minimum Gasteiger partial charge on any atom is -0.480 e. The summed E-state index contributed by atoms with van der Waals surface area (Å²) in [5.74, 6) is -0.830. The van der Waals surface area contributed by atoms with Crippen molar-refractivity contribution >= 4 is 18.4 Å². The van der Waals surface area contributed by atoms with E-state index in [1.54, 1.807) is 11.1 Å². The fraction of sp³-hybridized carbons (Fsp3) is 0.571. The van der Waals surface area contributed by atoms with E-state index in [4.69, 9.17) is 5.11 Å². The lowest BCUT2D eigenvalue weighted by Crippen LogP contribution is -2.41. The van der Waals surface area contributed by atoms with Crippen molar-refractivity contribution in [2.45, 2.75) is 6.92 Å². The van der Waals surface area contributed by atoms with Gasteiger partial charge in [0, 0.05) is 13.1 Å². The van der Waals surface area contributed by atoms with E-state index in [2.05, 4.69) is 12.0 Å². The molecule has 0 unspecified atom stereocenters. The molecule has 0 amide bonds. The van der Waals surface area contributed by atoms with E-state index in [0.29, 0.717) is 13.1 Å². The number of nitrogens with zero attached hydrogens (tertiary/aromatic N) is 1. The highest BCUT2D eigenvalue weighted by atomic mass is 35.5. The molecule has 0 spiro atoms. The summed E-state index contributed by atoms with van der Waals surface area (Å²) in [7, 11) is 0. The van der Waals surface area contributed by atoms with Crippen LogP contribution in [0.25, 0.3) is 0 Å². The number of carboxylic acid groups (broad SMARTS) is 1. The van der Waals surface area contributed by atoms with Gasteiger partial charge in [-0.15, -0.1) is 19.0 Å². The number of hydrogen-bond acceptors (Lipinski definition) is 3. The third kappa shape index (κ3) is 7.53. The van der Waals surface area contributed by atoms with Gasteiger partial charge in [-0.1, -0.05) is 13.0 Å². The summed E-state index contributed by atoms with van der Waals surface area (Å²) in [6.07, 6.45) is 1.69. The molecular weight excluding hydrogens is 180 g/mol. The second-order valence-corrected chi connectivity index (χ2v) is 2.06. The van der Waals surface area contributed by atoms with Crippen LogP contribution in [0, 0.1) is 0 Å². The first-order valence-corrected chi connectivity index (χ1v) is 3.51. The molecule has 0 saturated heterocycles. The molecular formula is C7H15ClN2O2. The zero-order valence-electron chi connectivity index (χ0n) is 7.12. The van der Waals surface area contributed by atoms with Crippen LogP contribution < -0.4 is 5.43 Å². The maximum Gasteiger partial charge on any atom is 0.319 e. The monoisotopic (exact) mass is 194 g/mol. The van der Waals surface area contributed by atoms with E-state index >= 15 is 0 Å². The molecule has 0 aliphatic heterocycles. The number of halogens is 1. The number of rotatable bonds is 6. The smallest absolute Gasteiger partial charge is 0.319 e. The molecule has 0 fully saturated rings. The molecule has 0 saturated carbocycles. The Labute approximate surface area is 78.6 Å². The quantitative estimate of drug-likeness (QED) is 0.478. The highest BCUT2D eigenvalue weighted by Crippen LogP contribution is 1.80. The third-order valence-corrected chi connectivity index (χ3v) is 1.17. The molecule has 0 aromatic carbocycles. The van der Waals surface area contributed by atoms with Crippen molar-refractivity contribution < 1.29 is 9.90 Å². The summed E-state index contributed by atoms with van der Waals surface area (Å²) in [6.45, 7) is 6.68. The molecule has 72 valence electrons. The van der Waals surface area contributed by atoms with E-state index in [-0.39, 0.29) is 19.0 Å². The van der Waals surface area contributed by atoms with Gasteiger partial charge >= 0.3 is 5.97 Å². The zero-order valence-corrected chi connectivity index (χ0v) is 7.93. The van der Waals surface area contributed by atoms with Crippen molar-refractivity contribution in [3.05, 3.63) is 12.7 Å². The van der Waals surface area contributed by atoms with E-state index in [1.165, 1.54) is 0 Å². The van der Waals surface area contributed by atoms with E-state index in [0.717, 1.165) is 0 Å². The van der Waals surface area contributed by atoms with Crippen LogP contribution in [-0.4, -0.2) is 35.7 Å². The molecule has 0 aromatic rings. The maximum absolute atomic E-state index is 10.2. The first-order valence-electron chi connectivity index (χ1n) is 3.51. The summed E-state index contributed by atoms with van der Waals surface area (Å²) in [4.78, 5) is 10.2. The third-order valence-electron chi connectivity index (χ3n) is 1.17. The lowest BCUT2D eigenvalue weighted by molar-refractivity contribution is -0.139.